The van der Waals surface area contributed by atoms with Crippen LogP contribution in [-0.2, 0) is 17.9 Å². The fraction of sp³-hybridized carbons (Fsp3) is 0.583. The molecule has 1 N–H and O–H groups in total. The van der Waals surface area contributed by atoms with E-state index in [1.807, 2.05) is 19.2 Å². The van der Waals surface area contributed by atoms with Crippen molar-refractivity contribution in [3.8, 4) is 0 Å². The molecular weight excluding hydrogens is 188 g/mol. The van der Waals surface area contributed by atoms with Crippen LogP contribution < -0.4 is 5.32 Å². The van der Waals surface area contributed by atoms with Crippen LogP contribution in [0.1, 0.15) is 32.0 Å². The molecule has 0 aliphatic rings. The SMILES string of the molecule is CCOCc1ccc(CNC(C)C)cn1. The van der Waals surface area contributed by atoms with Gasteiger partial charge in [-0.3, -0.25) is 4.98 Å². The largest absolute Gasteiger partial charge is 0.375 e. The molecule has 0 bridgehead atoms. The fourth-order valence-electron chi connectivity index (χ4n) is 1.17. The first-order valence-corrected chi connectivity index (χ1v) is 5.47. The molecule has 84 valence electrons. The maximum absolute atomic E-state index is 5.28. The highest BCUT2D eigenvalue weighted by Crippen LogP contribution is 2.02. The van der Waals surface area contributed by atoms with Crippen LogP contribution in [0.15, 0.2) is 18.3 Å². The van der Waals surface area contributed by atoms with E-state index in [9.17, 15) is 0 Å². The predicted molar refractivity (Wildman–Crippen MR) is 61.5 cm³/mol. The molecule has 1 rings (SSSR count). The first-order valence-electron chi connectivity index (χ1n) is 5.47. The van der Waals surface area contributed by atoms with E-state index < -0.39 is 0 Å². The lowest BCUT2D eigenvalue weighted by molar-refractivity contribution is 0.131. The van der Waals surface area contributed by atoms with Gasteiger partial charge in [0.1, 0.15) is 0 Å². The molecule has 0 atom stereocenters. The molecule has 0 unspecified atom stereocenters. The number of rotatable bonds is 6. The lowest BCUT2D eigenvalue weighted by Gasteiger charge is -2.08. The zero-order valence-corrected chi connectivity index (χ0v) is 9.79. The summed E-state index contributed by atoms with van der Waals surface area (Å²) in [4.78, 5) is 4.33. The van der Waals surface area contributed by atoms with Crippen molar-refractivity contribution in [2.24, 2.45) is 0 Å². The van der Waals surface area contributed by atoms with Gasteiger partial charge in [-0.05, 0) is 18.6 Å². The van der Waals surface area contributed by atoms with Crippen molar-refractivity contribution in [2.75, 3.05) is 6.61 Å². The molecule has 3 heteroatoms. The third-order valence-corrected chi connectivity index (χ3v) is 2.05. The third kappa shape index (κ3) is 4.91. The summed E-state index contributed by atoms with van der Waals surface area (Å²) in [6.45, 7) is 8.47. The van der Waals surface area contributed by atoms with E-state index in [-0.39, 0.29) is 0 Å². The first kappa shape index (κ1) is 12.1. The van der Waals surface area contributed by atoms with Crippen molar-refractivity contribution in [2.45, 2.75) is 40.0 Å². The monoisotopic (exact) mass is 208 g/mol. The van der Waals surface area contributed by atoms with E-state index in [0.717, 1.165) is 18.8 Å². The quantitative estimate of drug-likeness (QED) is 0.777. The van der Waals surface area contributed by atoms with Crippen LogP contribution in [0.3, 0.4) is 0 Å². The van der Waals surface area contributed by atoms with Crippen LogP contribution in [0.25, 0.3) is 0 Å². The Labute approximate surface area is 91.9 Å². The van der Waals surface area contributed by atoms with Gasteiger partial charge in [-0.15, -0.1) is 0 Å². The van der Waals surface area contributed by atoms with Gasteiger partial charge < -0.3 is 10.1 Å². The molecule has 0 aliphatic carbocycles. The maximum Gasteiger partial charge on any atom is 0.0887 e. The van der Waals surface area contributed by atoms with Crippen LogP contribution in [0.2, 0.25) is 0 Å². The van der Waals surface area contributed by atoms with Crippen molar-refractivity contribution in [1.82, 2.24) is 10.3 Å². The molecule has 0 amide bonds. The number of ether oxygens (including phenoxy) is 1. The van der Waals surface area contributed by atoms with Crippen LogP contribution in [0.4, 0.5) is 0 Å². The lowest BCUT2D eigenvalue weighted by Crippen LogP contribution is -2.21. The minimum absolute atomic E-state index is 0.508. The summed E-state index contributed by atoms with van der Waals surface area (Å²) >= 11 is 0. The van der Waals surface area contributed by atoms with Gasteiger partial charge >= 0.3 is 0 Å². The van der Waals surface area contributed by atoms with Gasteiger partial charge in [0.05, 0.1) is 12.3 Å². The topological polar surface area (TPSA) is 34.1 Å². The normalized spacial score (nSPS) is 10.9. The fourth-order valence-corrected chi connectivity index (χ4v) is 1.17. The van der Waals surface area contributed by atoms with Gasteiger partial charge in [0.25, 0.3) is 0 Å². The summed E-state index contributed by atoms with van der Waals surface area (Å²) in [7, 11) is 0. The van der Waals surface area contributed by atoms with E-state index in [1.54, 1.807) is 0 Å². The lowest BCUT2D eigenvalue weighted by atomic mass is 10.2. The number of aromatic nitrogens is 1. The number of nitrogens with one attached hydrogen (secondary N) is 1. The Bertz CT molecular complexity index is 269. The molecule has 0 aliphatic heterocycles. The minimum atomic E-state index is 0.508. The second-order valence-electron chi connectivity index (χ2n) is 3.83. The molecule has 1 aromatic heterocycles. The molecule has 1 aromatic rings. The number of hydrogen-bond donors (Lipinski definition) is 1. The second kappa shape index (κ2) is 6.53. The zero-order valence-electron chi connectivity index (χ0n) is 9.79. The predicted octanol–water partition coefficient (Wildman–Crippen LogP) is 2.12. The zero-order chi connectivity index (χ0) is 11.1. The molecule has 0 saturated carbocycles. The van der Waals surface area contributed by atoms with Crippen molar-refractivity contribution in [3.63, 3.8) is 0 Å². The van der Waals surface area contributed by atoms with E-state index in [0.29, 0.717) is 12.6 Å². The van der Waals surface area contributed by atoms with Gasteiger partial charge in [0.2, 0.25) is 0 Å². The Kier molecular flexibility index (Phi) is 5.29. The molecule has 3 nitrogen and oxygen atoms in total. The van der Waals surface area contributed by atoms with Crippen LogP contribution >= 0.6 is 0 Å². The molecular formula is C12H20N2O. The molecule has 0 saturated heterocycles. The minimum Gasteiger partial charge on any atom is -0.375 e. The van der Waals surface area contributed by atoms with Gasteiger partial charge in [0.15, 0.2) is 0 Å². The Hall–Kier alpha value is -0.930. The van der Waals surface area contributed by atoms with Crippen molar-refractivity contribution < 1.29 is 4.74 Å². The number of pyridine rings is 1. The van der Waals surface area contributed by atoms with E-state index >= 15 is 0 Å². The van der Waals surface area contributed by atoms with Crippen molar-refractivity contribution in [3.05, 3.63) is 29.6 Å². The number of nitrogens with zero attached hydrogens (tertiary/aromatic N) is 1. The van der Waals surface area contributed by atoms with Crippen LogP contribution in [-0.4, -0.2) is 17.6 Å². The van der Waals surface area contributed by atoms with E-state index in [4.69, 9.17) is 4.74 Å². The molecule has 15 heavy (non-hydrogen) atoms. The summed E-state index contributed by atoms with van der Waals surface area (Å²) in [6.07, 6.45) is 1.91. The summed E-state index contributed by atoms with van der Waals surface area (Å²) in [5.74, 6) is 0. The van der Waals surface area contributed by atoms with Crippen molar-refractivity contribution in [1.29, 1.82) is 0 Å². The highest BCUT2D eigenvalue weighted by Gasteiger charge is 1.97. The Balaban J connectivity index is 2.41. The van der Waals surface area contributed by atoms with Crippen molar-refractivity contribution >= 4 is 0 Å². The van der Waals surface area contributed by atoms with Crippen LogP contribution in [0, 0.1) is 0 Å². The standard InChI is InChI=1S/C12H20N2O/c1-4-15-9-12-6-5-11(8-14-12)7-13-10(2)3/h5-6,8,10,13H,4,7,9H2,1-3H3. The molecule has 0 fully saturated rings. The molecule has 0 spiro atoms. The Morgan fingerprint density at radius 3 is 2.73 bits per heavy atom. The average Bonchev–Trinajstić information content (AvgIpc) is 2.25. The first-order chi connectivity index (χ1) is 7.22. The Morgan fingerprint density at radius 2 is 2.20 bits per heavy atom. The van der Waals surface area contributed by atoms with Crippen LogP contribution in [0.5, 0.6) is 0 Å². The highest BCUT2D eigenvalue weighted by molar-refractivity contribution is 5.13. The maximum atomic E-state index is 5.28. The van der Waals surface area contributed by atoms with E-state index in [2.05, 4.69) is 30.2 Å². The third-order valence-electron chi connectivity index (χ3n) is 2.05. The Morgan fingerprint density at radius 1 is 1.40 bits per heavy atom. The van der Waals surface area contributed by atoms with Gasteiger partial charge in [-0.1, -0.05) is 19.9 Å². The molecule has 1 heterocycles. The summed E-state index contributed by atoms with van der Waals surface area (Å²) in [5.41, 5.74) is 2.20. The summed E-state index contributed by atoms with van der Waals surface area (Å²) in [6, 6.07) is 4.62. The van der Waals surface area contributed by atoms with Gasteiger partial charge in [-0.25, -0.2) is 0 Å². The van der Waals surface area contributed by atoms with Gasteiger partial charge in [0, 0.05) is 25.4 Å². The highest BCUT2D eigenvalue weighted by atomic mass is 16.5. The van der Waals surface area contributed by atoms with Gasteiger partial charge in [-0.2, -0.15) is 0 Å². The smallest absolute Gasteiger partial charge is 0.0887 e. The number of hydrogen-bond acceptors (Lipinski definition) is 3. The average molecular weight is 208 g/mol. The van der Waals surface area contributed by atoms with E-state index in [1.165, 1.54) is 5.56 Å². The molecule has 0 aromatic carbocycles. The summed E-state index contributed by atoms with van der Waals surface area (Å²) < 4.78 is 5.28. The second-order valence-corrected chi connectivity index (χ2v) is 3.83. The summed E-state index contributed by atoms with van der Waals surface area (Å²) in [5, 5.41) is 3.35. The molecule has 0 radical (unpaired) electrons.